The van der Waals surface area contributed by atoms with E-state index in [0.29, 0.717) is 5.01 Å². The Balaban J connectivity index is 2.25. The molecule has 2 aromatic rings. The number of carbonyl (C=O) groups excluding carboxylic acids is 2. The van der Waals surface area contributed by atoms with E-state index < -0.39 is 23.1 Å². The molecule has 9 heteroatoms. The lowest BCUT2D eigenvalue weighted by Crippen LogP contribution is -2.41. The van der Waals surface area contributed by atoms with E-state index in [1.807, 2.05) is 50.2 Å². The highest BCUT2D eigenvalue weighted by Gasteiger charge is 2.29. The number of hydrogen-bond donors (Lipinski definition) is 2. The van der Waals surface area contributed by atoms with Gasteiger partial charge in [0.15, 0.2) is 15.7 Å². The zero-order valence-corrected chi connectivity index (χ0v) is 17.3. The second-order valence-electron chi connectivity index (χ2n) is 7.58. The van der Waals surface area contributed by atoms with Crippen LogP contribution in [-0.4, -0.2) is 22.6 Å². The van der Waals surface area contributed by atoms with Gasteiger partial charge in [0.05, 0.1) is 5.54 Å². The Bertz CT molecular complexity index is 910. The molecule has 0 aliphatic carbocycles. The number of hydrazine groups is 1. The number of anilines is 1. The van der Waals surface area contributed by atoms with E-state index in [4.69, 9.17) is 10.6 Å². The lowest BCUT2D eigenvalue weighted by Gasteiger charge is -2.26. The Morgan fingerprint density at radius 3 is 2.36 bits per heavy atom. The van der Waals surface area contributed by atoms with Gasteiger partial charge in [0.25, 0.3) is 5.91 Å². The first-order valence-corrected chi connectivity index (χ1v) is 9.33. The van der Waals surface area contributed by atoms with Crippen LogP contribution in [0.25, 0.3) is 0 Å². The average molecular weight is 401 g/mol. The number of ether oxygens (including phenoxy) is 1. The van der Waals surface area contributed by atoms with Crippen LogP contribution in [0.4, 0.5) is 9.80 Å². The number of thiazole rings is 1. The molecule has 3 N–H and O–H groups in total. The van der Waals surface area contributed by atoms with Crippen molar-refractivity contribution in [1.29, 1.82) is 5.26 Å². The van der Waals surface area contributed by atoms with E-state index in [-0.39, 0.29) is 15.7 Å². The van der Waals surface area contributed by atoms with Gasteiger partial charge in [-0.15, -0.1) is 0 Å². The molecule has 2 rings (SSSR count). The third-order valence-corrected chi connectivity index (χ3v) is 4.69. The van der Waals surface area contributed by atoms with Gasteiger partial charge in [-0.3, -0.25) is 4.79 Å². The Hall–Kier alpha value is -2.96. The number of rotatable bonds is 4. The predicted octanol–water partition coefficient (Wildman–Crippen LogP) is 3.30. The molecular formula is C19H23N5O3S. The van der Waals surface area contributed by atoms with Gasteiger partial charge in [0.2, 0.25) is 0 Å². The fraction of sp³-hybridized carbons (Fsp3) is 0.368. The third-order valence-electron chi connectivity index (χ3n) is 3.64. The van der Waals surface area contributed by atoms with E-state index >= 15 is 0 Å². The fourth-order valence-electron chi connectivity index (χ4n) is 2.30. The molecule has 2 amide bonds. The summed E-state index contributed by atoms with van der Waals surface area (Å²) >= 11 is 0.845. The fourth-order valence-corrected chi connectivity index (χ4v) is 3.13. The number of hydrogen-bond acceptors (Lipinski definition) is 7. The molecule has 0 atom stereocenters. The molecule has 0 saturated carbocycles. The highest BCUT2D eigenvalue weighted by Crippen LogP contribution is 2.29. The summed E-state index contributed by atoms with van der Waals surface area (Å²) in [5.41, 5.74) is -0.632. The summed E-state index contributed by atoms with van der Waals surface area (Å²) < 4.78 is 5.19. The molecule has 0 saturated heterocycles. The van der Waals surface area contributed by atoms with Crippen LogP contribution in [0.1, 0.15) is 55.7 Å². The summed E-state index contributed by atoms with van der Waals surface area (Å²) in [7, 11) is 0. The largest absolute Gasteiger partial charge is 0.442 e. The SMILES string of the molecule is CC(C)(C)OC(=O)N(N)c1sc(C(=O)NC(C)(C)c2ccccc2)nc1C#N. The first kappa shape index (κ1) is 21.3. The minimum absolute atomic E-state index is 0.0227. The minimum Gasteiger partial charge on any atom is -0.442 e. The van der Waals surface area contributed by atoms with Gasteiger partial charge in [-0.05, 0) is 40.2 Å². The van der Waals surface area contributed by atoms with Crippen molar-refractivity contribution in [3.8, 4) is 6.07 Å². The number of nitrogens with two attached hydrogens (primary N) is 1. The molecule has 0 fully saturated rings. The van der Waals surface area contributed by atoms with Crippen molar-refractivity contribution >= 4 is 28.3 Å². The molecule has 28 heavy (non-hydrogen) atoms. The number of carbonyl (C=O) groups is 2. The van der Waals surface area contributed by atoms with Crippen LogP contribution in [0.2, 0.25) is 0 Å². The van der Waals surface area contributed by atoms with Crippen molar-refractivity contribution in [3.63, 3.8) is 0 Å². The van der Waals surface area contributed by atoms with Gasteiger partial charge in [-0.1, -0.05) is 41.7 Å². The molecule has 0 aliphatic heterocycles. The number of aromatic nitrogens is 1. The molecule has 1 aromatic carbocycles. The van der Waals surface area contributed by atoms with Crippen LogP contribution in [0.5, 0.6) is 0 Å². The third kappa shape index (κ3) is 5.06. The summed E-state index contributed by atoms with van der Waals surface area (Å²) in [4.78, 5) is 28.9. The topological polar surface area (TPSA) is 121 Å². The zero-order valence-electron chi connectivity index (χ0n) is 16.4. The lowest BCUT2D eigenvalue weighted by molar-refractivity contribution is 0.0580. The molecule has 1 aromatic heterocycles. The summed E-state index contributed by atoms with van der Waals surface area (Å²) in [5, 5.41) is 13.0. The van der Waals surface area contributed by atoms with E-state index in [1.54, 1.807) is 20.8 Å². The van der Waals surface area contributed by atoms with Gasteiger partial charge in [0.1, 0.15) is 11.7 Å². The standard InChI is InChI=1S/C19H23N5O3S/c1-18(2,3)27-17(26)24(21)16-13(11-20)22-15(28-16)14(25)23-19(4,5)12-9-7-6-8-10-12/h6-10H,21H2,1-5H3,(H,23,25). The van der Waals surface area contributed by atoms with Crippen LogP contribution >= 0.6 is 11.3 Å². The van der Waals surface area contributed by atoms with Gasteiger partial charge >= 0.3 is 6.09 Å². The second kappa shape index (κ2) is 7.96. The Labute approximate surface area is 167 Å². The first-order chi connectivity index (χ1) is 12.9. The van der Waals surface area contributed by atoms with Crippen LogP contribution in [0.15, 0.2) is 30.3 Å². The van der Waals surface area contributed by atoms with Gasteiger partial charge in [-0.25, -0.2) is 15.6 Å². The molecule has 0 bridgehead atoms. The Kier molecular flexibility index (Phi) is 6.07. The van der Waals surface area contributed by atoms with Crippen LogP contribution in [0.3, 0.4) is 0 Å². The van der Waals surface area contributed by atoms with E-state index in [2.05, 4.69) is 10.3 Å². The number of benzene rings is 1. The number of nitrogens with one attached hydrogen (secondary N) is 1. The number of nitrogens with zero attached hydrogens (tertiary/aromatic N) is 3. The zero-order chi connectivity index (χ0) is 21.1. The van der Waals surface area contributed by atoms with Gasteiger partial charge < -0.3 is 10.1 Å². The van der Waals surface area contributed by atoms with Crippen LogP contribution in [0, 0.1) is 11.3 Å². The molecule has 148 valence electrons. The Morgan fingerprint density at radius 1 is 1.21 bits per heavy atom. The number of nitriles is 1. The quantitative estimate of drug-likeness (QED) is 0.460. The van der Waals surface area contributed by atoms with Crippen molar-refractivity contribution in [2.24, 2.45) is 5.84 Å². The van der Waals surface area contributed by atoms with Crippen molar-refractivity contribution < 1.29 is 14.3 Å². The highest BCUT2D eigenvalue weighted by atomic mass is 32.1. The lowest BCUT2D eigenvalue weighted by atomic mass is 9.94. The van der Waals surface area contributed by atoms with Crippen molar-refractivity contribution in [2.45, 2.75) is 45.8 Å². The van der Waals surface area contributed by atoms with Gasteiger partial charge in [0, 0.05) is 0 Å². The smallest absolute Gasteiger partial charge is 0.430 e. The van der Waals surface area contributed by atoms with Crippen molar-refractivity contribution in [3.05, 3.63) is 46.6 Å². The predicted molar refractivity (Wildman–Crippen MR) is 107 cm³/mol. The molecule has 0 radical (unpaired) electrons. The maximum absolute atomic E-state index is 12.7. The van der Waals surface area contributed by atoms with Crippen LogP contribution < -0.4 is 16.2 Å². The first-order valence-electron chi connectivity index (χ1n) is 8.51. The minimum atomic E-state index is -0.843. The maximum atomic E-state index is 12.7. The van der Waals surface area contributed by atoms with Crippen molar-refractivity contribution in [1.82, 2.24) is 10.3 Å². The normalized spacial score (nSPS) is 11.5. The van der Waals surface area contributed by atoms with Gasteiger partial charge in [-0.2, -0.15) is 10.3 Å². The summed E-state index contributed by atoms with van der Waals surface area (Å²) in [6.07, 6.45) is -0.843. The summed E-state index contributed by atoms with van der Waals surface area (Å²) in [6.45, 7) is 8.80. The summed E-state index contributed by atoms with van der Waals surface area (Å²) in [6, 6.07) is 11.3. The Morgan fingerprint density at radius 2 is 1.82 bits per heavy atom. The van der Waals surface area contributed by atoms with E-state index in [1.165, 1.54) is 0 Å². The molecular weight excluding hydrogens is 378 g/mol. The van der Waals surface area contributed by atoms with E-state index in [9.17, 15) is 14.9 Å². The maximum Gasteiger partial charge on any atom is 0.430 e. The second-order valence-corrected chi connectivity index (χ2v) is 8.56. The highest BCUT2D eigenvalue weighted by molar-refractivity contribution is 7.18. The van der Waals surface area contributed by atoms with Crippen LogP contribution in [-0.2, 0) is 10.3 Å². The van der Waals surface area contributed by atoms with Crippen molar-refractivity contribution in [2.75, 3.05) is 5.01 Å². The molecule has 0 spiro atoms. The number of amides is 2. The average Bonchev–Trinajstić information content (AvgIpc) is 3.04. The molecule has 1 heterocycles. The molecule has 8 nitrogen and oxygen atoms in total. The molecule has 0 unspecified atom stereocenters. The molecule has 0 aliphatic rings. The van der Waals surface area contributed by atoms with E-state index in [0.717, 1.165) is 16.9 Å². The monoisotopic (exact) mass is 401 g/mol. The summed E-state index contributed by atoms with van der Waals surface area (Å²) in [5.74, 6) is 5.33.